The van der Waals surface area contributed by atoms with E-state index in [4.69, 9.17) is 9.47 Å². The second-order valence-corrected chi connectivity index (χ2v) is 6.20. The van der Waals surface area contributed by atoms with Gasteiger partial charge in [0.05, 0.1) is 12.8 Å². The molecule has 2 aromatic carbocycles. The van der Waals surface area contributed by atoms with Crippen molar-refractivity contribution in [1.82, 2.24) is 4.90 Å². The molecule has 2 aromatic rings. The number of carbonyl (C=O) groups is 1. The van der Waals surface area contributed by atoms with Crippen LogP contribution in [0.15, 0.2) is 48.5 Å². The minimum Gasteiger partial charge on any atom is -0.497 e. The molecule has 0 unspecified atom stereocenters. The molecule has 1 fully saturated rings. The molecule has 1 amide bonds. The number of hydrogen-bond acceptors (Lipinski definition) is 4. The molecule has 0 N–H and O–H groups in total. The van der Waals surface area contributed by atoms with Crippen LogP contribution in [0.2, 0.25) is 0 Å². The van der Waals surface area contributed by atoms with Gasteiger partial charge in [-0.1, -0.05) is 18.2 Å². The summed E-state index contributed by atoms with van der Waals surface area (Å²) in [5.41, 5.74) is 0.584. The average molecular weight is 358 g/mol. The van der Waals surface area contributed by atoms with E-state index in [1.54, 1.807) is 43.2 Å². The summed E-state index contributed by atoms with van der Waals surface area (Å²) in [5.74, 6) is 0.971. The van der Waals surface area contributed by atoms with E-state index in [0.29, 0.717) is 43.4 Å². The zero-order chi connectivity index (χ0) is 18.5. The van der Waals surface area contributed by atoms with Crippen molar-refractivity contribution >= 4 is 11.6 Å². The molecule has 5 nitrogen and oxygen atoms in total. The number of hydrogen-bond donors (Lipinski definition) is 0. The Hall–Kier alpha value is -2.76. The molecule has 1 atom stereocenters. The van der Waals surface area contributed by atoms with Crippen LogP contribution in [-0.4, -0.2) is 50.2 Å². The fourth-order valence-corrected chi connectivity index (χ4v) is 3.06. The third kappa shape index (κ3) is 4.07. The van der Waals surface area contributed by atoms with Crippen molar-refractivity contribution in [3.05, 3.63) is 54.3 Å². The summed E-state index contributed by atoms with van der Waals surface area (Å²) in [4.78, 5) is 16.4. The Kier molecular flexibility index (Phi) is 5.61. The number of carbonyl (C=O) groups excluding carboxylic acids is 1. The molecule has 0 saturated carbocycles. The highest BCUT2D eigenvalue weighted by molar-refractivity contribution is 5.81. The van der Waals surface area contributed by atoms with Gasteiger partial charge in [-0.05, 0) is 31.2 Å². The highest BCUT2D eigenvalue weighted by atomic mass is 19.1. The summed E-state index contributed by atoms with van der Waals surface area (Å²) in [5, 5.41) is 0. The number of ether oxygens (including phenoxy) is 2. The molecule has 1 aliphatic heterocycles. The number of rotatable bonds is 5. The van der Waals surface area contributed by atoms with Crippen LogP contribution >= 0.6 is 0 Å². The molecule has 1 heterocycles. The number of methoxy groups -OCH3 is 1. The molecule has 0 bridgehead atoms. The van der Waals surface area contributed by atoms with E-state index in [-0.39, 0.29) is 11.7 Å². The Morgan fingerprint density at radius 2 is 1.73 bits per heavy atom. The summed E-state index contributed by atoms with van der Waals surface area (Å²) in [6, 6.07) is 13.9. The largest absolute Gasteiger partial charge is 0.497 e. The Morgan fingerprint density at radius 1 is 1.04 bits per heavy atom. The summed E-state index contributed by atoms with van der Waals surface area (Å²) in [6.07, 6.45) is -0.595. The third-order valence-corrected chi connectivity index (χ3v) is 4.49. The molecular formula is C20H23FN2O3. The van der Waals surface area contributed by atoms with Crippen molar-refractivity contribution in [2.75, 3.05) is 38.2 Å². The Morgan fingerprint density at radius 3 is 2.42 bits per heavy atom. The van der Waals surface area contributed by atoms with Gasteiger partial charge in [-0.2, -0.15) is 0 Å². The lowest BCUT2D eigenvalue weighted by molar-refractivity contribution is -0.138. The van der Waals surface area contributed by atoms with Crippen LogP contribution in [0.4, 0.5) is 10.1 Å². The summed E-state index contributed by atoms with van der Waals surface area (Å²) in [7, 11) is 1.59. The fourth-order valence-electron chi connectivity index (χ4n) is 3.06. The second kappa shape index (κ2) is 8.08. The summed E-state index contributed by atoms with van der Waals surface area (Å²) >= 11 is 0. The lowest BCUT2D eigenvalue weighted by Crippen LogP contribution is -2.52. The van der Waals surface area contributed by atoms with E-state index < -0.39 is 6.10 Å². The van der Waals surface area contributed by atoms with Crippen LogP contribution in [-0.2, 0) is 4.79 Å². The minimum atomic E-state index is -0.595. The highest BCUT2D eigenvalue weighted by Gasteiger charge is 2.27. The molecule has 0 spiro atoms. The first kappa shape index (κ1) is 18.0. The average Bonchev–Trinajstić information content (AvgIpc) is 2.68. The molecule has 0 radical (unpaired) electrons. The van der Waals surface area contributed by atoms with E-state index in [9.17, 15) is 9.18 Å². The van der Waals surface area contributed by atoms with Gasteiger partial charge in [0.25, 0.3) is 5.91 Å². The van der Waals surface area contributed by atoms with Crippen molar-refractivity contribution in [3.63, 3.8) is 0 Å². The summed E-state index contributed by atoms with van der Waals surface area (Å²) < 4.78 is 24.8. The van der Waals surface area contributed by atoms with Crippen LogP contribution in [0.3, 0.4) is 0 Å². The predicted molar refractivity (Wildman–Crippen MR) is 98.3 cm³/mol. The van der Waals surface area contributed by atoms with Gasteiger partial charge < -0.3 is 19.3 Å². The van der Waals surface area contributed by atoms with Crippen molar-refractivity contribution < 1.29 is 18.7 Å². The van der Waals surface area contributed by atoms with Gasteiger partial charge in [-0.25, -0.2) is 4.39 Å². The molecule has 1 aliphatic rings. The van der Waals surface area contributed by atoms with Gasteiger partial charge >= 0.3 is 0 Å². The van der Waals surface area contributed by atoms with E-state index in [1.165, 1.54) is 6.07 Å². The van der Waals surface area contributed by atoms with Crippen molar-refractivity contribution in [3.8, 4) is 11.5 Å². The van der Waals surface area contributed by atoms with Gasteiger partial charge in [0.15, 0.2) is 6.10 Å². The maximum absolute atomic E-state index is 13.9. The standard InChI is InChI=1S/C20H23FN2O3/c1-15(26-17-7-5-6-16(14-17)25-2)20(24)23-12-10-22(11-13-23)19-9-4-3-8-18(19)21/h3-9,14-15H,10-13H2,1-2H3/t15-/m0/s1. The Balaban J connectivity index is 1.56. The normalized spacial score (nSPS) is 15.5. The lowest BCUT2D eigenvalue weighted by Gasteiger charge is -2.37. The maximum atomic E-state index is 13.9. The molecule has 26 heavy (non-hydrogen) atoms. The molecule has 6 heteroatoms. The zero-order valence-corrected chi connectivity index (χ0v) is 15.0. The number of benzene rings is 2. The topological polar surface area (TPSA) is 42.0 Å². The van der Waals surface area contributed by atoms with Crippen molar-refractivity contribution in [1.29, 1.82) is 0 Å². The molecule has 0 aromatic heterocycles. The molecule has 138 valence electrons. The second-order valence-electron chi connectivity index (χ2n) is 6.20. The van der Waals surface area contributed by atoms with Crippen LogP contribution in [0.1, 0.15) is 6.92 Å². The Labute approximate surface area is 152 Å². The highest BCUT2D eigenvalue weighted by Crippen LogP contribution is 2.22. The lowest BCUT2D eigenvalue weighted by atomic mass is 10.2. The molecule has 0 aliphatic carbocycles. The van der Waals surface area contributed by atoms with Gasteiger partial charge in [0, 0.05) is 32.2 Å². The molecule has 3 rings (SSSR count). The number of anilines is 1. The zero-order valence-electron chi connectivity index (χ0n) is 15.0. The molecule has 1 saturated heterocycles. The predicted octanol–water partition coefficient (Wildman–Crippen LogP) is 2.95. The number of nitrogens with zero attached hydrogens (tertiary/aromatic N) is 2. The first-order chi connectivity index (χ1) is 12.6. The van der Waals surface area contributed by atoms with Crippen LogP contribution in [0.25, 0.3) is 0 Å². The van der Waals surface area contributed by atoms with E-state index in [0.717, 1.165) is 0 Å². The number of piperazine rings is 1. The number of amides is 1. The quantitative estimate of drug-likeness (QED) is 0.824. The minimum absolute atomic E-state index is 0.0685. The van der Waals surface area contributed by atoms with Gasteiger partial charge in [-0.3, -0.25) is 4.79 Å². The van der Waals surface area contributed by atoms with E-state index in [1.807, 2.05) is 23.1 Å². The first-order valence-corrected chi connectivity index (χ1v) is 8.67. The van der Waals surface area contributed by atoms with Crippen LogP contribution < -0.4 is 14.4 Å². The smallest absolute Gasteiger partial charge is 0.263 e. The van der Waals surface area contributed by atoms with E-state index in [2.05, 4.69) is 0 Å². The van der Waals surface area contributed by atoms with Crippen molar-refractivity contribution in [2.45, 2.75) is 13.0 Å². The van der Waals surface area contributed by atoms with Gasteiger partial charge in [-0.15, -0.1) is 0 Å². The van der Waals surface area contributed by atoms with Gasteiger partial charge in [0.1, 0.15) is 17.3 Å². The fraction of sp³-hybridized carbons (Fsp3) is 0.350. The maximum Gasteiger partial charge on any atom is 0.263 e. The van der Waals surface area contributed by atoms with E-state index >= 15 is 0 Å². The van der Waals surface area contributed by atoms with Crippen LogP contribution in [0, 0.1) is 5.82 Å². The first-order valence-electron chi connectivity index (χ1n) is 8.67. The number of halogens is 1. The van der Waals surface area contributed by atoms with Crippen LogP contribution in [0.5, 0.6) is 11.5 Å². The van der Waals surface area contributed by atoms with Gasteiger partial charge in [0.2, 0.25) is 0 Å². The summed E-state index contributed by atoms with van der Waals surface area (Å²) in [6.45, 7) is 4.01. The number of para-hydroxylation sites is 1. The third-order valence-electron chi connectivity index (χ3n) is 4.49. The van der Waals surface area contributed by atoms with Crippen molar-refractivity contribution in [2.24, 2.45) is 0 Å². The Bertz CT molecular complexity index is 760. The molecular weight excluding hydrogens is 335 g/mol. The monoisotopic (exact) mass is 358 g/mol. The SMILES string of the molecule is COc1cccc(O[C@@H](C)C(=O)N2CCN(c3ccccc3F)CC2)c1.